The first kappa shape index (κ1) is 17.9. The second kappa shape index (κ2) is 7.98. The molecule has 2 atom stereocenters. The van der Waals surface area contributed by atoms with Crippen molar-refractivity contribution in [3.63, 3.8) is 0 Å². The minimum atomic E-state index is -0.0162. The highest BCUT2D eigenvalue weighted by atomic mass is 16.5. The first-order chi connectivity index (χ1) is 11.6. The van der Waals surface area contributed by atoms with E-state index in [1.165, 1.54) is 0 Å². The molecule has 0 radical (unpaired) electrons. The highest BCUT2D eigenvalue weighted by Gasteiger charge is 2.47. The summed E-state index contributed by atoms with van der Waals surface area (Å²) < 4.78 is 12.1. The summed E-state index contributed by atoms with van der Waals surface area (Å²) >= 11 is 0. The van der Waals surface area contributed by atoms with Crippen molar-refractivity contribution >= 4 is 5.91 Å². The van der Waals surface area contributed by atoms with Crippen molar-refractivity contribution in [3.8, 4) is 0 Å². The molecule has 2 fully saturated rings. The van der Waals surface area contributed by atoms with Gasteiger partial charge in [0.1, 0.15) is 0 Å². The lowest BCUT2D eigenvalue weighted by molar-refractivity contribution is -0.162. The summed E-state index contributed by atoms with van der Waals surface area (Å²) in [5.41, 5.74) is 1.01. The summed E-state index contributed by atoms with van der Waals surface area (Å²) in [4.78, 5) is 17.0. The fourth-order valence-corrected chi connectivity index (χ4v) is 4.27. The molecule has 0 aromatic heterocycles. The van der Waals surface area contributed by atoms with Crippen molar-refractivity contribution < 1.29 is 14.3 Å². The van der Waals surface area contributed by atoms with Crippen LogP contribution in [0.2, 0.25) is 0 Å². The fraction of sp³-hybridized carbons (Fsp3) is 0.842. The molecule has 3 rings (SSSR count). The molecule has 136 valence electrons. The Morgan fingerprint density at radius 3 is 3.08 bits per heavy atom. The van der Waals surface area contributed by atoms with Crippen molar-refractivity contribution in [1.82, 2.24) is 9.80 Å². The molecular weight excluding hydrogens is 304 g/mol. The zero-order valence-corrected chi connectivity index (χ0v) is 15.3. The van der Waals surface area contributed by atoms with Gasteiger partial charge in [-0.2, -0.15) is 0 Å². The highest BCUT2D eigenvalue weighted by molar-refractivity contribution is 5.93. The SMILES string of the molecule is CN(C)CCOC[C@@]12CCCO[C@H]1CCN(C(=O)C1=CCCC1)C2. The molecule has 3 aliphatic rings. The molecule has 1 amide bonds. The number of nitrogens with zero attached hydrogens (tertiary/aromatic N) is 2. The Kier molecular flexibility index (Phi) is 5.95. The van der Waals surface area contributed by atoms with E-state index in [0.717, 1.165) is 76.9 Å². The quantitative estimate of drug-likeness (QED) is 0.697. The Labute approximate surface area is 146 Å². The van der Waals surface area contributed by atoms with Gasteiger partial charge in [-0.1, -0.05) is 6.08 Å². The third-order valence-electron chi connectivity index (χ3n) is 5.66. The molecule has 0 bridgehead atoms. The van der Waals surface area contributed by atoms with Crippen LogP contribution in [0.25, 0.3) is 0 Å². The summed E-state index contributed by atoms with van der Waals surface area (Å²) in [5.74, 6) is 0.254. The molecule has 0 saturated carbocycles. The minimum absolute atomic E-state index is 0.0162. The van der Waals surface area contributed by atoms with Gasteiger partial charge in [-0.05, 0) is 52.6 Å². The maximum absolute atomic E-state index is 12.8. The second-order valence-electron chi connectivity index (χ2n) is 7.82. The van der Waals surface area contributed by atoms with Crippen LogP contribution >= 0.6 is 0 Å². The maximum atomic E-state index is 12.8. The van der Waals surface area contributed by atoms with E-state index in [4.69, 9.17) is 9.47 Å². The van der Waals surface area contributed by atoms with Crippen LogP contribution in [-0.2, 0) is 14.3 Å². The Morgan fingerprint density at radius 2 is 2.33 bits per heavy atom. The zero-order chi connectivity index (χ0) is 17.0. The van der Waals surface area contributed by atoms with Crippen LogP contribution in [0, 0.1) is 5.41 Å². The molecule has 0 aromatic rings. The minimum Gasteiger partial charge on any atom is -0.379 e. The molecule has 0 unspecified atom stereocenters. The molecule has 5 heteroatoms. The van der Waals surface area contributed by atoms with E-state index in [9.17, 15) is 4.79 Å². The largest absolute Gasteiger partial charge is 0.379 e. The molecule has 5 nitrogen and oxygen atoms in total. The number of ether oxygens (including phenoxy) is 2. The molecule has 0 spiro atoms. The van der Waals surface area contributed by atoms with E-state index in [2.05, 4.69) is 30.0 Å². The second-order valence-corrected chi connectivity index (χ2v) is 7.82. The van der Waals surface area contributed by atoms with Gasteiger partial charge in [0.2, 0.25) is 5.91 Å². The Morgan fingerprint density at radius 1 is 1.46 bits per heavy atom. The van der Waals surface area contributed by atoms with Crippen LogP contribution in [0.3, 0.4) is 0 Å². The lowest BCUT2D eigenvalue weighted by Gasteiger charge is -2.50. The van der Waals surface area contributed by atoms with Crippen LogP contribution in [0.5, 0.6) is 0 Å². The number of hydrogen-bond acceptors (Lipinski definition) is 4. The number of fused-ring (bicyclic) bond motifs is 1. The van der Waals surface area contributed by atoms with Gasteiger partial charge < -0.3 is 19.3 Å². The summed E-state index contributed by atoms with van der Waals surface area (Å²) in [6, 6.07) is 0. The number of allylic oxidation sites excluding steroid dienone is 1. The number of carbonyl (C=O) groups is 1. The third kappa shape index (κ3) is 4.01. The first-order valence-electron chi connectivity index (χ1n) is 9.43. The molecular formula is C19H32N2O3. The molecule has 2 heterocycles. The highest BCUT2D eigenvalue weighted by Crippen LogP contribution is 2.41. The molecule has 2 aliphatic heterocycles. The lowest BCUT2D eigenvalue weighted by atomic mass is 9.73. The average molecular weight is 336 g/mol. The molecule has 0 aromatic carbocycles. The van der Waals surface area contributed by atoms with Gasteiger partial charge in [0.25, 0.3) is 0 Å². The Balaban J connectivity index is 1.63. The van der Waals surface area contributed by atoms with Crippen LogP contribution in [0.1, 0.15) is 38.5 Å². The van der Waals surface area contributed by atoms with Crippen molar-refractivity contribution in [2.75, 3.05) is 53.6 Å². The summed E-state index contributed by atoms with van der Waals surface area (Å²) in [5, 5.41) is 0. The smallest absolute Gasteiger partial charge is 0.249 e. The predicted molar refractivity (Wildman–Crippen MR) is 93.9 cm³/mol. The van der Waals surface area contributed by atoms with E-state index in [-0.39, 0.29) is 17.4 Å². The van der Waals surface area contributed by atoms with Gasteiger partial charge >= 0.3 is 0 Å². The topological polar surface area (TPSA) is 42.0 Å². The normalized spacial score (nSPS) is 30.4. The Hall–Kier alpha value is -0.910. The third-order valence-corrected chi connectivity index (χ3v) is 5.66. The van der Waals surface area contributed by atoms with E-state index in [1.807, 2.05) is 0 Å². The number of amides is 1. The number of hydrogen-bond donors (Lipinski definition) is 0. The van der Waals surface area contributed by atoms with E-state index >= 15 is 0 Å². The van der Waals surface area contributed by atoms with Crippen LogP contribution in [0.4, 0.5) is 0 Å². The number of rotatable bonds is 6. The number of likely N-dealkylation sites (N-methyl/N-ethyl adjacent to an activating group) is 1. The van der Waals surface area contributed by atoms with Gasteiger partial charge in [-0.15, -0.1) is 0 Å². The van der Waals surface area contributed by atoms with Crippen LogP contribution in [0.15, 0.2) is 11.6 Å². The number of carbonyl (C=O) groups excluding carboxylic acids is 1. The number of likely N-dealkylation sites (tertiary alicyclic amines) is 1. The first-order valence-corrected chi connectivity index (χ1v) is 9.43. The summed E-state index contributed by atoms with van der Waals surface area (Å²) in [7, 11) is 4.12. The molecule has 0 N–H and O–H groups in total. The van der Waals surface area contributed by atoms with Gasteiger partial charge in [0.05, 0.1) is 19.3 Å². The monoisotopic (exact) mass is 336 g/mol. The fourth-order valence-electron chi connectivity index (χ4n) is 4.27. The van der Waals surface area contributed by atoms with Crippen LogP contribution < -0.4 is 0 Å². The summed E-state index contributed by atoms with van der Waals surface area (Å²) in [6.07, 6.45) is 8.61. The lowest BCUT2D eigenvalue weighted by Crippen LogP contribution is -2.58. The predicted octanol–water partition coefficient (Wildman–Crippen LogP) is 2.07. The van der Waals surface area contributed by atoms with Crippen molar-refractivity contribution in [3.05, 3.63) is 11.6 Å². The molecule has 1 aliphatic carbocycles. The van der Waals surface area contributed by atoms with Gasteiger partial charge in [-0.3, -0.25) is 4.79 Å². The van der Waals surface area contributed by atoms with Crippen molar-refractivity contribution in [2.24, 2.45) is 5.41 Å². The van der Waals surface area contributed by atoms with E-state index in [1.54, 1.807) is 0 Å². The van der Waals surface area contributed by atoms with Gasteiger partial charge in [0.15, 0.2) is 0 Å². The Bertz CT molecular complexity index is 477. The average Bonchev–Trinajstić information content (AvgIpc) is 3.12. The van der Waals surface area contributed by atoms with Gasteiger partial charge in [-0.25, -0.2) is 0 Å². The zero-order valence-electron chi connectivity index (χ0n) is 15.3. The maximum Gasteiger partial charge on any atom is 0.249 e. The standard InChI is InChI=1S/C19H32N2O3/c1-20(2)11-13-23-15-19-9-5-12-24-17(19)8-10-21(14-19)18(22)16-6-3-4-7-16/h6,17H,3-5,7-15H2,1-2H3/t17-,19-/m0/s1. The molecule has 24 heavy (non-hydrogen) atoms. The van der Waals surface area contributed by atoms with E-state index in [0.29, 0.717) is 6.61 Å². The molecule has 2 saturated heterocycles. The van der Waals surface area contributed by atoms with Crippen molar-refractivity contribution in [1.29, 1.82) is 0 Å². The van der Waals surface area contributed by atoms with Crippen molar-refractivity contribution in [2.45, 2.75) is 44.6 Å². The summed E-state index contributed by atoms with van der Waals surface area (Å²) in [6.45, 7) is 4.82. The van der Waals surface area contributed by atoms with Gasteiger partial charge in [0, 0.05) is 37.2 Å². The van der Waals surface area contributed by atoms with Crippen LogP contribution in [-0.4, -0.2) is 75.4 Å². The van der Waals surface area contributed by atoms with E-state index < -0.39 is 0 Å². The number of piperidine rings is 1.